The topological polar surface area (TPSA) is 37.2 Å². The number of nitrogens with zero attached hydrogens (tertiary/aromatic N) is 5. The average Bonchev–Trinajstić information content (AvgIpc) is 2.81. The Morgan fingerprint density at radius 3 is 2.54 bits per heavy atom. The van der Waals surface area contributed by atoms with Crippen molar-refractivity contribution < 1.29 is 0 Å². The molecule has 0 unspecified atom stereocenters. The normalized spacial score (nSPS) is 11.6. The molecule has 0 N–H and O–H groups in total. The Labute approximate surface area is 146 Å². The number of pyridine rings is 1. The van der Waals surface area contributed by atoms with Gasteiger partial charge >= 0.3 is 0 Å². The molecule has 0 aliphatic heterocycles. The summed E-state index contributed by atoms with van der Waals surface area (Å²) >= 11 is 0. The lowest BCUT2D eigenvalue weighted by atomic mass is 10.1. The summed E-state index contributed by atoms with van der Waals surface area (Å²) in [5, 5.41) is 4.72. The highest BCUT2D eigenvalue weighted by Gasteiger charge is 2.15. The van der Waals surface area contributed by atoms with Gasteiger partial charge in [-0.2, -0.15) is 5.10 Å². The smallest absolute Gasteiger partial charge is 0.0641 e. The molecule has 2 aromatic rings. The van der Waals surface area contributed by atoms with Crippen molar-refractivity contribution in [2.45, 2.75) is 46.8 Å². The Morgan fingerprint density at radius 1 is 1.12 bits per heavy atom. The fraction of sp³-hybridized carbons (Fsp3) is 0.579. The van der Waals surface area contributed by atoms with Crippen molar-refractivity contribution in [1.82, 2.24) is 24.6 Å². The maximum absolute atomic E-state index is 4.72. The summed E-state index contributed by atoms with van der Waals surface area (Å²) in [7, 11) is 4.25. The molecule has 0 spiro atoms. The number of hydrogen-bond acceptors (Lipinski definition) is 4. The fourth-order valence-corrected chi connectivity index (χ4v) is 2.92. The zero-order valence-electron chi connectivity index (χ0n) is 15.8. The molecule has 0 aliphatic carbocycles. The van der Waals surface area contributed by atoms with E-state index in [0.717, 1.165) is 44.8 Å². The first kappa shape index (κ1) is 18.6. The minimum absolute atomic E-state index is 0.916. The van der Waals surface area contributed by atoms with Crippen molar-refractivity contribution in [3.05, 3.63) is 47.0 Å². The van der Waals surface area contributed by atoms with Gasteiger partial charge in [0.1, 0.15) is 0 Å². The Morgan fingerprint density at radius 2 is 1.92 bits per heavy atom. The van der Waals surface area contributed by atoms with Crippen molar-refractivity contribution in [3.63, 3.8) is 0 Å². The fourth-order valence-electron chi connectivity index (χ4n) is 2.92. The van der Waals surface area contributed by atoms with Crippen LogP contribution in [-0.4, -0.2) is 51.7 Å². The molecule has 2 heterocycles. The third-order valence-electron chi connectivity index (χ3n) is 4.34. The van der Waals surface area contributed by atoms with E-state index in [4.69, 9.17) is 5.10 Å². The summed E-state index contributed by atoms with van der Waals surface area (Å²) in [5.74, 6) is 0. The van der Waals surface area contributed by atoms with E-state index in [1.165, 1.54) is 16.8 Å². The molecule has 0 saturated heterocycles. The number of rotatable bonds is 9. The lowest BCUT2D eigenvalue weighted by molar-refractivity contribution is 0.225. The second-order valence-electron chi connectivity index (χ2n) is 6.75. The standard InChI is InChI=1S/C19H31N5/c1-6-10-24-17(3)19(16(2)21-24)15-23(12-11-22(4)5)14-18-8-7-9-20-13-18/h7-9,13H,6,10-12,14-15H2,1-5H3. The van der Waals surface area contributed by atoms with E-state index in [2.05, 4.69) is 60.4 Å². The summed E-state index contributed by atoms with van der Waals surface area (Å²) < 4.78 is 2.15. The van der Waals surface area contributed by atoms with Gasteiger partial charge in [-0.25, -0.2) is 0 Å². The van der Waals surface area contributed by atoms with E-state index >= 15 is 0 Å². The Kier molecular flexibility index (Phi) is 6.94. The van der Waals surface area contributed by atoms with E-state index in [1.807, 2.05) is 18.5 Å². The van der Waals surface area contributed by atoms with Gasteiger partial charge in [-0.1, -0.05) is 13.0 Å². The van der Waals surface area contributed by atoms with E-state index in [-0.39, 0.29) is 0 Å². The lowest BCUT2D eigenvalue weighted by Gasteiger charge is -2.24. The zero-order valence-corrected chi connectivity index (χ0v) is 15.8. The van der Waals surface area contributed by atoms with Crippen LogP contribution in [0, 0.1) is 13.8 Å². The summed E-state index contributed by atoms with van der Waals surface area (Å²) in [6, 6.07) is 4.16. The molecule has 0 saturated carbocycles. The van der Waals surface area contributed by atoms with Gasteiger partial charge in [0.2, 0.25) is 0 Å². The SMILES string of the molecule is CCCn1nc(C)c(CN(CCN(C)C)Cc2cccnc2)c1C. The monoisotopic (exact) mass is 329 g/mol. The van der Waals surface area contributed by atoms with E-state index in [1.54, 1.807) is 0 Å². The number of aromatic nitrogens is 3. The van der Waals surface area contributed by atoms with Gasteiger partial charge in [-0.05, 0) is 46.0 Å². The Balaban J connectivity index is 2.15. The average molecular weight is 329 g/mol. The summed E-state index contributed by atoms with van der Waals surface area (Å²) in [5.41, 5.74) is 5.08. The van der Waals surface area contributed by atoms with Crippen molar-refractivity contribution >= 4 is 0 Å². The molecule has 0 atom stereocenters. The van der Waals surface area contributed by atoms with Gasteiger partial charge in [0.25, 0.3) is 0 Å². The van der Waals surface area contributed by atoms with Crippen LogP contribution in [-0.2, 0) is 19.6 Å². The van der Waals surface area contributed by atoms with Crippen LogP contribution in [0.5, 0.6) is 0 Å². The molecule has 24 heavy (non-hydrogen) atoms. The van der Waals surface area contributed by atoms with E-state index < -0.39 is 0 Å². The molecule has 2 rings (SSSR count). The van der Waals surface area contributed by atoms with Crippen LogP contribution in [0.3, 0.4) is 0 Å². The third-order valence-corrected chi connectivity index (χ3v) is 4.34. The highest BCUT2D eigenvalue weighted by atomic mass is 15.3. The first-order chi connectivity index (χ1) is 11.5. The minimum Gasteiger partial charge on any atom is -0.308 e. The molecule has 0 amide bonds. The first-order valence-electron chi connectivity index (χ1n) is 8.80. The van der Waals surface area contributed by atoms with Gasteiger partial charge < -0.3 is 4.90 Å². The summed E-state index contributed by atoms with van der Waals surface area (Å²) in [6.07, 6.45) is 4.90. The molecule has 132 valence electrons. The van der Waals surface area contributed by atoms with Crippen LogP contribution < -0.4 is 0 Å². The highest BCUT2D eigenvalue weighted by Crippen LogP contribution is 2.17. The van der Waals surface area contributed by atoms with Crippen LogP contribution >= 0.6 is 0 Å². The maximum Gasteiger partial charge on any atom is 0.0641 e. The first-order valence-corrected chi connectivity index (χ1v) is 8.80. The summed E-state index contributed by atoms with van der Waals surface area (Å²) in [4.78, 5) is 8.97. The van der Waals surface area contributed by atoms with Crippen molar-refractivity contribution in [3.8, 4) is 0 Å². The predicted molar refractivity (Wildman–Crippen MR) is 98.9 cm³/mol. The molecule has 5 nitrogen and oxygen atoms in total. The molecule has 0 aromatic carbocycles. The summed E-state index contributed by atoms with van der Waals surface area (Å²) in [6.45, 7) is 11.4. The second-order valence-corrected chi connectivity index (χ2v) is 6.75. The largest absolute Gasteiger partial charge is 0.308 e. The van der Waals surface area contributed by atoms with Gasteiger partial charge in [0, 0.05) is 56.4 Å². The van der Waals surface area contributed by atoms with Gasteiger partial charge in [-0.3, -0.25) is 14.6 Å². The minimum atomic E-state index is 0.916. The van der Waals surface area contributed by atoms with Crippen LogP contribution in [0.25, 0.3) is 0 Å². The Bertz CT molecular complexity index is 618. The molecule has 0 aliphatic rings. The van der Waals surface area contributed by atoms with Crippen molar-refractivity contribution in [2.75, 3.05) is 27.2 Å². The predicted octanol–water partition coefficient (Wildman–Crippen LogP) is 2.87. The zero-order chi connectivity index (χ0) is 17.5. The molecular weight excluding hydrogens is 298 g/mol. The van der Waals surface area contributed by atoms with E-state index in [0.29, 0.717) is 0 Å². The molecule has 0 radical (unpaired) electrons. The molecule has 5 heteroatoms. The quantitative estimate of drug-likeness (QED) is 0.709. The number of likely N-dealkylation sites (N-methyl/N-ethyl adjacent to an activating group) is 1. The third kappa shape index (κ3) is 5.14. The van der Waals surface area contributed by atoms with Crippen LogP contribution in [0.2, 0.25) is 0 Å². The van der Waals surface area contributed by atoms with Crippen molar-refractivity contribution in [1.29, 1.82) is 0 Å². The van der Waals surface area contributed by atoms with Gasteiger partial charge in [0.05, 0.1) is 5.69 Å². The van der Waals surface area contributed by atoms with Crippen molar-refractivity contribution in [2.24, 2.45) is 0 Å². The Hall–Kier alpha value is -1.72. The highest BCUT2D eigenvalue weighted by molar-refractivity contribution is 5.24. The second kappa shape index (κ2) is 8.94. The van der Waals surface area contributed by atoms with Crippen LogP contribution in [0.15, 0.2) is 24.5 Å². The lowest BCUT2D eigenvalue weighted by Crippen LogP contribution is -2.31. The van der Waals surface area contributed by atoms with Gasteiger partial charge in [-0.15, -0.1) is 0 Å². The molecule has 2 aromatic heterocycles. The maximum atomic E-state index is 4.72. The van der Waals surface area contributed by atoms with E-state index in [9.17, 15) is 0 Å². The number of hydrogen-bond donors (Lipinski definition) is 0. The molecule has 0 fully saturated rings. The van der Waals surface area contributed by atoms with Gasteiger partial charge in [0.15, 0.2) is 0 Å². The number of aryl methyl sites for hydroxylation is 2. The van der Waals surface area contributed by atoms with Crippen LogP contribution in [0.1, 0.15) is 35.9 Å². The van der Waals surface area contributed by atoms with Crippen LogP contribution in [0.4, 0.5) is 0 Å². The molecule has 0 bridgehead atoms. The molecular formula is C19H31N5.